The number of pyridine rings is 1. The minimum absolute atomic E-state index is 0.140. The van der Waals surface area contributed by atoms with Crippen molar-refractivity contribution in [2.75, 3.05) is 84.6 Å². The third kappa shape index (κ3) is 10.1. The quantitative estimate of drug-likeness (QED) is 0.397. The summed E-state index contributed by atoms with van der Waals surface area (Å²) < 4.78 is 10.9. The van der Waals surface area contributed by atoms with Gasteiger partial charge in [-0.3, -0.25) is 9.88 Å². The van der Waals surface area contributed by atoms with E-state index in [2.05, 4.69) is 42.5 Å². The van der Waals surface area contributed by atoms with Crippen LogP contribution >= 0.6 is 0 Å². The molecule has 2 heterocycles. The van der Waals surface area contributed by atoms with E-state index < -0.39 is 0 Å². The molecule has 2 amide bonds. The molecule has 1 aromatic heterocycles. The number of piperazine rings is 1. The van der Waals surface area contributed by atoms with Crippen molar-refractivity contribution >= 4 is 11.7 Å². The molecule has 9 heteroatoms. The summed E-state index contributed by atoms with van der Waals surface area (Å²) in [6.07, 6.45) is 4.62. The molecule has 1 fully saturated rings. The van der Waals surface area contributed by atoms with E-state index in [1.54, 1.807) is 7.11 Å². The molecule has 1 aromatic carbocycles. The van der Waals surface area contributed by atoms with E-state index in [0.29, 0.717) is 26.3 Å². The molecule has 0 radical (unpaired) electrons. The fourth-order valence-corrected chi connectivity index (χ4v) is 3.96. The third-order valence-electron chi connectivity index (χ3n) is 6.11. The monoisotopic (exact) mass is 484 g/mol. The van der Waals surface area contributed by atoms with Gasteiger partial charge in [-0.1, -0.05) is 12.1 Å². The lowest BCUT2D eigenvalue weighted by Gasteiger charge is -2.36. The second-order valence-electron chi connectivity index (χ2n) is 8.79. The maximum atomic E-state index is 12.2. The van der Waals surface area contributed by atoms with Gasteiger partial charge < -0.3 is 29.9 Å². The molecule has 192 valence electrons. The summed E-state index contributed by atoms with van der Waals surface area (Å²) in [5.41, 5.74) is 2.25. The Hall–Kier alpha value is -2.88. The molecule has 0 unspecified atom stereocenters. The summed E-state index contributed by atoms with van der Waals surface area (Å²) in [6.45, 7) is 9.26. The number of hydrogen-bond donors (Lipinski definition) is 2. The molecule has 9 nitrogen and oxygen atoms in total. The maximum Gasteiger partial charge on any atom is 0.315 e. The number of rotatable bonds is 14. The van der Waals surface area contributed by atoms with Crippen LogP contribution in [0.25, 0.3) is 0 Å². The molecule has 1 aliphatic rings. The van der Waals surface area contributed by atoms with Crippen molar-refractivity contribution in [3.8, 4) is 5.75 Å². The smallest absolute Gasteiger partial charge is 0.315 e. The Labute approximate surface area is 209 Å². The summed E-state index contributed by atoms with van der Waals surface area (Å²) in [5, 5.41) is 5.90. The SMILES string of the molecule is COCCN(C)CCOc1cccc(CNC(=O)NCCCN2CCN(c3ccncc3)CC2)c1. The summed E-state index contributed by atoms with van der Waals surface area (Å²) >= 11 is 0. The number of amides is 2. The largest absolute Gasteiger partial charge is 0.492 e. The first kappa shape index (κ1) is 26.7. The summed E-state index contributed by atoms with van der Waals surface area (Å²) in [4.78, 5) is 23.3. The Balaban J connectivity index is 1.25. The minimum Gasteiger partial charge on any atom is -0.492 e. The first-order chi connectivity index (χ1) is 17.1. The Bertz CT molecular complexity index is 861. The molecule has 0 spiro atoms. The number of carbonyl (C=O) groups is 1. The summed E-state index contributed by atoms with van der Waals surface area (Å²) in [7, 11) is 3.75. The first-order valence-electron chi connectivity index (χ1n) is 12.4. The van der Waals surface area contributed by atoms with Crippen LogP contribution in [-0.2, 0) is 11.3 Å². The Morgan fingerprint density at radius 2 is 1.83 bits per heavy atom. The molecule has 2 aromatic rings. The number of aromatic nitrogens is 1. The normalized spacial score (nSPS) is 14.2. The van der Waals surface area contributed by atoms with Crippen LogP contribution in [0.1, 0.15) is 12.0 Å². The van der Waals surface area contributed by atoms with E-state index in [0.717, 1.165) is 63.5 Å². The number of anilines is 1. The van der Waals surface area contributed by atoms with Crippen molar-refractivity contribution in [2.45, 2.75) is 13.0 Å². The number of urea groups is 1. The van der Waals surface area contributed by atoms with Gasteiger partial charge in [-0.05, 0) is 49.8 Å². The van der Waals surface area contributed by atoms with Gasteiger partial charge in [0.2, 0.25) is 0 Å². The minimum atomic E-state index is -0.140. The van der Waals surface area contributed by atoms with Gasteiger partial charge >= 0.3 is 6.03 Å². The van der Waals surface area contributed by atoms with Gasteiger partial charge in [0, 0.05) is 77.5 Å². The highest BCUT2D eigenvalue weighted by Crippen LogP contribution is 2.15. The molecule has 0 atom stereocenters. The number of carbonyl (C=O) groups excluding carboxylic acids is 1. The standard InChI is InChI=1S/C26H40N6O3/c1-30(17-19-34-2)18-20-35-25-6-3-5-23(21-25)22-29-26(33)28-9-4-12-31-13-15-32(16-14-31)24-7-10-27-11-8-24/h3,5-8,10-11,21H,4,9,12-20,22H2,1-2H3,(H2,28,29,33). The zero-order valence-electron chi connectivity index (χ0n) is 21.1. The molecular weight excluding hydrogens is 444 g/mol. The zero-order valence-corrected chi connectivity index (χ0v) is 21.1. The molecule has 3 rings (SSSR count). The molecule has 0 aliphatic carbocycles. The van der Waals surface area contributed by atoms with Crippen LogP contribution in [0.4, 0.5) is 10.5 Å². The number of methoxy groups -OCH3 is 1. The van der Waals surface area contributed by atoms with Crippen LogP contribution in [-0.4, -0.2) is 101 Å². The van der Waals surface area contributed by atoms with Gasteiger partial charge in [0.05, 0.1) is 6.61 Å². The zero-order chi connectivity index (χ0) is 24.7. The van der Waals surface area contributed by atoms with Crippen molar-refractivity contribution in [1.29, 1.82) is 0 Å². The Morgan fingerprint density at radius 1 is 1.06 bits per heavy atom. The van der Waals surface area contributed by atoms with Gasteiger partial charge in [0.15, 0.2) is 0 Å². The first-order valence-corrected chi connectivity index (χ1v) is 12.4. The fourth-order valence-electron chi connectivity index (χ4n) is 3.96. The maximum absolute atomic E-state index is 12.2. The van der Waals surface area contributed by atoms with Crippen molar-refractivity contribution in [1.82, 2.24) is 25.4 Å². The number of nitrogens with one attached hydrogen (secondary N) is 2. The molecular formula is C26H40N6O3. The highest BCUT2D eigenvalue weighted by molar-refractivity contribution is 5.73. The Morgan fingerprint density at radius 3 is 2.60 bits per heavy atom. The number of hydrogen-bond acceptors (Lipinski definition) is 7. The third-order valence-corrected chi connectivity index (χ3v) is 6.11. The van der Waals surface area contributed by atoms with E-state index in [1.165, 1.54) is 5.69 Å². The number of likely N-dealkylation sites (N-methyl/N-ethyl adjacent to an activating group) is 1. The van der Waals surface area contributed by atoms with Crippen molar-refractivity contribution in [3.05, 3.63) is 54.4 Å². The molecule has 1 aliphatic heterocycles. The lowest BCUT2D eigenvalue weighted by Crippen LogP contribution is -2.47. The summed E-state index contributed by atoms with van der Waals surface area (Å²) in [6, 6.07) is 11.8. The molecule has 35 heavy (non-hydrogen) atoms. The predicted octanol–water partition coefficient (Wildman–Crippen LogP) is 2.05. The van der Waals surface area contributed by atoms with E-state index in [1.807, 2.05) is 43.7 Å². The van der Waals surface area contributed by atoms with Gasteiger partial charge in [-0.25, -0.2) is 4.79 Å². The van der Waals surface area contributed by atoms with Crippen LogP contribution in [0.5, 0.6) is 5.75 Å². The topological polar surface area (TPSA) is 82.2 Å². The van der Waals surface area contributed by atoms with Crippen molar-refractivity contribution in [2.24, 2.45) is 0 Å². The van der Waals surface area contributed by atoms with Crippen LogP contribution in [0.2, 0.25) is 0 Å². The van der Waals surface area contributed by atoms with Crippen LogP contribution < -0.4 is 20.3 Å². The second-order valence-corrected chi connectivity index (χ2v) is 8.79. The van der Waals surface area contributed by atoms with Crippen LogP contribution in [0.3, 0.4) is 0 Å². The number of nitrogens with zero attached hydrogens (tertiary/aromatic N) is 4. The predicted molar refractivity (Wildman–Crippen MR) is 139 cm³/mol. The van der Waals surface area contributed by atoms with Gasteiger partial charge in [-0.2, -0.15) is 0 Å². The highest BCUT2D eigenvalue weighted by atomic mass is 16.5. The van der Waals surface area contributed by atoms with Crippen molar-refractivity contribution < 1.29 is 14.3 Å². The molecule has 0 saturated carbocycles. The van der Waals surface area contributed by atoms with E-state index >= 15 is 0 Å². The Kier molecular flexibility index (Phi) is 11.6. The van der Waals surface area contributed by atoms with Gasteiger partial charge in [0.1, 0.15) is 12.4 Å². The average molecular weight is 485 g/mol. The molecule has 0 bridgehead atoms. The van der Waals surface area contributed by atoms with Crippen molar-refractivity contribution in [3.63, 3.8) is 0 Å². The lowest BCUT2D eigenvalue weighted by atomic mass is 10.2. The van der Waals surface area contributed by atoms with E-state index in [9.17, 15) is 4.79 Å². The van der Waals surface area contributed by atoms with Crippen LogP contribution in [0, 0.1) is 0 Å². The lowest BCUT2D eigenvalue weighted by molar-refractivity contribution is 0.150. The van der Waals surface area contributed by atoms with E-state index in [4.69, 9.17) is 9.47 Å². The molecule has 1 saturated heterocycles. The van der Waals surface area contributed by atoms with Gasteiger partial charge in [0.25, 0.3) is 0 Å². The highest BCUT2D eigenvalue weighted by Gasteiger charge is 2.16. The molecule has 2 N–H and O–H groups in total. The van der Waals surface area contributed by atoms with E-state index in [-0.39, 0.29) is 6.03 Å². The summed E-state index contributed by atoms with van der Waals surface area (Å²) in [5.74, 6) is 0.814. The number of ether oxygens (including phenoxy) is 2. The van der Waals surface area contributed by atoms with Gasteiger partial charge in [-0.15, -0.1) is 0 Å². The fraction of sp³-hybridized carbons (Fsp3) is 0.538. The number of benzene rings is 1. The second kappa shape index (κ2) is 15.2. The van der Waals surface area contributed by atoms with Crippen LogP contribution in [0.15, 0.2) is 48.8 Å². The average Bonchev–Trinajstić information content (AvgIpc) is 2.90.